The van der Waals surface area contributed by atoms with Gasteiger partial charge in [0, 0.05) is 35.3 Å². The molecule has 0 radical (unpaired) electrons. The number of benzene rings is 3. The van der Waals surface area contributed by atoms with Crippen LogP contribution in [0.15, 0.2) is 54.6 Å². The number of hydrogen-bond acceptors (Lipinski definition) is 9. The Balaban J connectivity index is 1.45. The lowest BCUT2D eigenvalue weighted by atomic mass is 9.97. The molecule has 0 saturated carbocycles. The minimum atomic E-state index is -3.85. The Hall–Kier alpha value is -3.34. The molecule has 46 heavy (non-hydrogen) atoms. The van der Waals surface area contributed by atoms with Crippen LogP contribution in [0.25, 0.3) is 10.1 Å². The fourth-order valence-electron chi connectivity index (χ4n) is 5.55. The van der Waals surface area contributed by atoms with Gasteiger partial charge in [-0.2, -0.15) is 0 Å². The van der Waals surface area contributed by atoms with Crippen LogP contribution < -0.4 is 14.0 Å². The molecular formula is C34H38F2NO7PS. The summed E-state index contributed by atoms with van der Waals surface area (Å²) in [5.74, 6) is 1.04. The van der Waals surface area contributed by atoms with Crippen molar-refractivity contribution in [3.63, 3.8) is 0 Å². The standard InChI is InChI=1S/C34H38F2NO7PS/c1-5-40-45(39,41-6-2)44-27-12-13-29-30(20-27)46-34(32(38)31-22(3)18-24(36)19-23(31)4)33(29)43-26-10-8-25(9-11-26)42-28-14-17-37(21-28)16-7-15-35/h8-13,18-20,28H,5-7,14-17,21H2,1-4H3/t28-/m0/s1. The van der Waals surface area contributed by atoms with Gasteiger partial charge >= 0.3 is 7.82 Å². The normalized spacial score (nSPS) is 15.4. The Bertz CT molecular complexity index is 1700. The van der Waals surface area contributed by atoms with Gasteiger partial charge in [0.25, 0.3) is 0 Å². The number of rotatable bonds is 15. The van der Waals surface area contributed by atoms with Crippen molar-refractivity contribution in [1.29, 1.82) is 0 Å². The van der Waals surface area contributed by atoms with E-state index in [1.807, 2.05) is 12.1 Å². The first kappa shape index (κ1) is 34.0. The van der Waals surface area contributed by atoms with Gasteiger partial charge in [-0.05, 0) is 106 Å². The molecule has 0 bridgehead atoms. The largest absolute Gasteiger partial charge is 0.530 e. The summed E-state index contributed by atoms with van der Waals surface area (Å²) >= 11 is 1.19. The summed E-state index contributed by atoms with van der Waals surface area (Å²) in [5.41, 5.74) is 1.43. The Morgan fingerprint density at radius 1 is 0.978 bits per heavy atom. The molecule has 1 aliphatic rings. The number of phosphoric acid groups is 1. The zero-order valence-electron chi connectivity index (χ0n) is 26.3. The first-order valence-corrected chi connectivity index (χ1v) is 17.6. The van der Waals surface area contributed by atoms with Crippen molar-refractivity contribution in [2.75, 3.05) is 39.5 Å². The average Bonchev–Trinajstić information content (AvgIpc) is 3.60. The quantitative estimate of drug-likeness (QED) is 0.0913. The molecule has 2 heterocycles. The van der Waals surface area contributed by atoms with E-state index in [-0.39, 0.29) is 37.5 Å². The van der Waals surface area contributed by atoms with E-state index >= 15 is 0 Å². The van der Waals surface area contributed by atoms with Gasteiger partial charge in [0.2, 0.25) is 5.78 Å². The number of alkyl halides is 1. The lowest BCUT2D eigenvalue weighted by Crippen LogP contribution is -2.26. The number of aryl methyl sites for hydroxylation is 2. The van der Waals surface area contributed by atoms with E-state index in [1.54, 1.807) is 58.0 Å². The van der Waals surface area contributed by atoms with E-state index in [2.05, 4.69) is 4.90 Å². The molecule has 0 unspecified atom stereocenters. The first-order valence-electron chi connectivity index (χ1n) is 15.3. The topological polar surface area (TPSA) is 83.5 Å². The highest BCUT2D eigenvalue weighted by Crippen LogP contribution is 2.51. The number of carbonyl (C=O) groups is 1. The Kier molecular flexibility index (Phi) is 11.1. The number of thiophene rings is 1. The highest BCUT2D eigenvalue weighted by Gasteiger charge is 2.29. The van der Waals surface area contributed by atoms with Crippen molar-refractivity contribution >= 4 is 35.0 Å². The van der Waals surface area contributed by atoms with Gasteiger partial charge < -0.3 is 14.0 Å². The maximum absolute atomic E-state index is 14.1. The molecule has 1 saturated heterocycles. The highest BCUT2D eigenvalue weighted by atomic mass is 32.1. The van der Waals surface area contributed by atoms with Crippen LogP contribution in [0.5, 0.6) is 23.0 Å². The van der Waals surface area contributed by atoms with Crippen LogP contribution in [-0.2, 0) is 13.6 Å². The van der Waals surface area contributed by atoms with E-state index in [9.17, 15) is 18.1 Å². The third-order valence-electron chi connectivity index (χ3n) is 7.52. The van der Waals surface area contributed by atoms with Gasteiger partial charge in [0.1, 0.15) is 34.0 Å². The fourth-order valence-corrected chi connectivity index (χ4v) is 7.84. The molecule has 0 aliphatic carbocycles. The predicted molar refractivity (Wildman–Crippen MR) is 175 cm³/mol. The lowest BCUT2D eigenvalue weighted by Gasteiger charge is -2.17. The van der Waals surface area contributed by atoms with Crippen LogP contribution in [-0.4, -0.2) is 56.3 Å². The van der Waals surface area contributed by atoms with Gasteiger partial charge in [-0.3, -0.25) is 23.1 Å². The molecule has 1 atom stereocenters. The second-order valence-corrected chi connectivity index (χ2v) is 13.6. The van der Waals surface area contributed by atoms with Crippen molar-refractivity contribution in [1.82, 2.24) is 4.90 Å². The molecule has 1 fully saturated rings. The number of carbonyl (C=O) groups excluding carboxylic acids is 1. The molecule has 246 valence electrons. The van der Waals surface area contributed by atoms with Crippen LogP contribution in [0.2, 0.25) is 0 Å². The molecule has 1 aliphatic heterocycles. The van der Waals surface area contributed by atoms with E-state index in [0.29, 0.717) is 55.3 Å². The minimum Gasteiger partial charge on any atom is -0.489 e. The van der Waals surface area contributed by atoms with Crippen molar-refractivity contribution in [2.24, 2.45) is 0 Å². The SMILES string of the molecule is CCOP(=O)(OCC)Oc1ccc2c(Oc3ccc(O[C@H]4CCN(CCCF)C4)cc3)c(C(=O)c3c(C)cc(F)cc3C)sc2c1. The molecule has 0 N–H and O–H groups in total. The van der Waals surface area contributed by atoms with Crippen molar-refractivity contribution in [3.8, 4) is 23.0 Å². The molecule has 5 rings (SSSR count). The van der Waals surface area contributed by atoms with E-state index in [1.165, 1.54) is 23.5 Å². The van der Waals surface area contributed by atoms with E-state index < -0.39 is 13.6 Å². The molecule has 3 aromatic carbocycles. The molecule has 0 amide bonds. The third-order valence-corrected chi connectivity index (χ3v) is 10.2. The monoisotopic (exact) mass is 673 g/mol. The number of hydrogen-bond donors (Lipinski definition) is 0. The second kappa shape index (κ2) is 15.0. The molecule has 12 heteroatoms. The number of nitrogens with zero attached hydrogens (tertiary/aromatic N) is 1. The molecule has 0 spiro atoms. The van der Waals surface area contributed by atoms with E-state index in [0.717, 1.165) is 26.1 Å². The zero-order valence-corrected chi connectivity index (χ0v) is 28.1. The van der Waals surface area contributed by atoms with Crippen molar-refractivity contribution < 1.29 is 41.2 Å². The summed E-state index contributed by atoms with van der Waals surface area (Å²) in [6, 6.07) is 14.9. The van der Waals surface area contributed by atoms with Crippen LogP contribution in [0, 0.1) is 19.7 Å². The van der Waals surface area contributed by atoms with Crippen LogP contribution >= 0.6 is 19.2 Å². The molecule has 4 aromatic rings. The summed E-state index contributed by atoms with van der Waals surface area (Å²) in [6.07, 6.45) is 1.42. The van der Waals surface area contributed by atoms with Crippen molar-refractivity contribution in [2.45, 2.75) is 46.6 Å². The summed E-state index contributed by atoms with van der Waals surface area (Å²) in [6.45, 7) is 9.08. The van der Waals surface area contributed by atoms with Gasteiger partial charge in [0.05, 0.1) is 19.9 Å². The number of ether oxygens (including phenoxy) is 2. The molecular weight excluding hydrogens is 635 g/mol. The Morgan fingerprint density at radius 2 is 1.63 bits per heavy atom. The van der Waals surface area contributed by atoms with Crippen LogP contribution in [0.4, 0.5) is 8.78 Å². The number of likely N-dealkylation sites (tertiary alicyclic amines) is 1. The Labute approximate surface area is 271 Å². The van der Waals surface area contributed by atoms with Gasteiger partial charge in [-0.15, -0.1) is 11.3 Å². The predicted octanol–water partition coefficient (Wildman–Crippen LogP) is 9.05. The number of ketones is 1. The smallest absolute Gasteiger partial charge is 0.489 e. The number of phosphoric ester groups is 1. The third kappa shape index (κ3) is 7.96. The van der Waals surface area contributed by atoms with Crippen LogP contribution in [0.3, 0.4) is 0 Å². The summed E-state index contributed by atoms with van der Waals surface area (Å²) < 4.78 is 69.1. The van der Waals surface area contributed by atoms with Gasteiger partial charge in [-0.25, -0.2) is 8.96 Å². The van der Waals surface area contributed by atoms with E-state index in [4.69, 9.17) is 23.0 Å². The summed E-state index contributed by atoms with van der Waals surface area (Å²) in [4.78, 5) is 16.6. The second-order valence-electron chi connectivity index (χ2n) is 11.0. The fraction of sp³-hybridized carbons (Fsp3) is 0.382. The van der Waals surface area contributed by atoms with Crippen LogP contribution in [0.1, 0.15) is 53.1 Å². The number of halogens is 2. The number of fused-ring (bicyclic) bond motifs is 1. The minimum absolute atomic E-state index is 0.0239. The lowest BCUT2D eigenvalue weighted by molar-refractivity contribution is 0.103. The summed E-state index contributed by atoms with van der Waals surface area (Å²) in [7, 11) is -3.85. The molecule has 1 aromatic heterocycles. The molecule has 8 nitrogen and oxygen atoms in total. The average molecular weight is 674 g/mol. The summed E-state index contributed by atoms with van der Waals surface area (Å²) in [5, 5.41) is 0.639. The zero-order chi connectivity index (χ0) is 32.8. The first-order chi connectivity index (χ1) is 22.1. The maximum atomic E-state index is 14.1. The maximum Gasteiger partial charge on any atom is 0.530 e. The van der Waals surface area contributed by atoms with Crippen molar-refractivity contribution in [3.05, 3.63) is 82.0 Å². The Morgan fingerprint density at radius 3 is 2.28 bits per heavy atom. The van der Waals surface area contributed by atoms with Gasteiger partial charge in [-0.1, -0.05) is 0 Å². The highest BCUT2D eigenvalue weighted by molar-refractivity contribution is 7.48. The van der Waals surface area contributed by atoms with Gasteiger partial charge in [0.15, 0.2) is 5.75 Å².